The molecule has 0 unspecified atom stereocenters. The highest BCUT2D eigenvalue weighted by molar-refractivity contribution is 14.1. The molecule has 0 spiro atoms. The summed E-state index contributed by atoms with van der Waals surface area (Å²) in [5.74, 6) is -1.49. The second kappa shape index (κ2) is 5.99. The van der Waals surface area contributed by atoms with Crippen molar-refractivity contribution >= 4 is 22.6 Å². The summed E-state index contributed by atoms with van der Waals surface area (Å²) >= 11 is 2.32. The van der Waals surface area contributed by atoms with Crippen molar-refractivity contribution in [3.8, 4) is 11.1 Å². The van der Waals surface area contributed by atoms with Gasteiger partial charge in [0.15, 0.2) is 11.6 Å². The maximum Gasteiger partial charge on any atom is 0.166 e. The molecule has 0 saturated carbocycles. The van der Waals surface area contributed by atoms with Gasteiger partial charge in [-0.05, 0) is 30.0 Å². The van der Waals surface area contributed by atoms with Gasteiger partial charge in [0.05, 0.1) is 0 Å². The first-order chi connectivity index (χ1) is 9.04. The fourth-order valence-electron chi connectivity index (χ4n) is 2.01. The number of hydrogen-bond acceptors (Lipinski definition) is 0. The second-order valence-corrected chi connectivity index (χ2v) is 6.36. The Morgan fingerprint density at radius 1 is 1.00 bits per heavy atom. The maximum atomic E-state index is 14.0. The molecule has 0 aromatic heterocycles. The maximum absolute atomic E-state index is 14.0. The average Bonchev–Trinajstić information content (AvgIpc) is 2.42. The van der Waals surface area contributed by atoms with Gasteiger partial charge in [0, 0.05) is 9.49 Å². The Kier molecular flexibility index (Phi) is 4.55. The predicted octanol–water partition coefficient (Wildman–Crippen LogP) is 5.69. The third-order valence-electron chi connectivity index (χ3n) is 3.22. The molecule has 0 heterocycles. The summed E-state index contributed by atoms with van der Waals surface area (Å²) < 4.78 is 28.2. The molecule has 3 heteroatoms. The Hall–Kier alpha value is -0.970. The van der Waals surface area contributed by atoms with E-state index in [1.807, 2.05) is 31.2 Å². The highest BCUT2D eigenvalue weighted by atomic mass is 127. The fourth-order valence-corrected chi connectivity index (χ4v) is 2.43. The molecule has 0 radical (unpaired) electrons. The van der Waals surface area contributed by atoms with Gasteiger partial charge in [0.25, 0.3) is 0 Å². The van der Waals surface area contributed by atoms with E-state index in [1.54, 1.807) is 12.1 Å². The highest BCUT2D eigenvalue weighted by Crippen LogP contribution is 2.29. The zero-order valence-corrected chi connectivity index (χ0v) is 13.0. The van der Waals surface area contributed by atoms with Crippen molar-refractivity contribution in [1.82, 2.24) is 0 Å². The molecule has 2 aromatic rings. The van der Waals surface area contributed by atoms with E-state index in [9.17, 15) is 8.78 Å². The van der Waals surface area contributed by atoms with Gasteiger partial charge in [-0.2, -0.15) is 0 Å². The van der Waals surface area contributed by atoms with Crippen LogP contribution in [-0.4, -0.2) is 0 Å². The number of hydrogen-bond donors (Lipinski definition) is 0. The van der Waals surface area contributed by atoms with Gasteiger partial charge < -0.3 is 0 Å². The molecule has 0 saturated heterocycles. The van der Waals surface area contributed by atoms with Crippen LogP contribution in [0.15, 0.2) is 36.4 Å². The van der Waals surface area contributed by atoms with Crippen LogP contribution in [0.25, 0.3) is 11.1 Å². The molecule has 19 heavy (non-hydrogen) atoms. The molecule has 0 nitrogen and oxygen atoms in total. The fraction of sp³-hybridized carbons (Fsp3) is 0.250. The number of benzene rings is 2. The first-order valence-electron chi connectivity index (χ1n) is 6.25. The van der Waals surface area contributed by atoms with Crippen molar-refractivity contribution in [2.45, 2.75) is 24.2 Å². The van der Waals surface area contributed by atoms with Crippen molar-refractivity contribution in [2.24, 2.45) is 0 Å². The molecule has 0 N–H and O–H groups in total. The lowest BCUT2D eigenvalue weighted by molar-refractivity contribution is 0.502. The van der Waals surface area contributed by atoms with Crippen molar-refractivity contribution in [3.63, 3.8) is 0 Å². The third kappa shape index (κ3) is 2.96. The van der Waals surface area contributed by atoms with Gasteiger partial charge >= 0.3 is 0 Å². The zero-order valence-electron chi connectivity index (χ0n) is 10.9. The molecule has 1 atom stereocenters. The van der Waals surface area contributed by atoms with E-state index in [1.165, 1.54) is 5.56 Å². The topological polar surface area (TPSA) is 0 Å². The van der Waals surface area contributed by atoms with E-state index < -0.39 is 11.6 Å². The Balaban J connectivity index is 2.44. The minimum atomic E-state index is -0.755. The monoisotopic (exact) mass is 372 g/mol. The lowest BCUT2D eigenvalue weighted by atomic mass is 10.00. The van der Waals surface area contributed by atoms with E-state index in [0.29, 0.717) is 27.0 Å². The summed E-state index contributed by atoms with van der Waals surface area (Å²) in [6.07, 6.45) is 0.494. The largest absolute Gasteiger partial charge is 0.203 e. The second-order valence-electron chi connectivity index (χ2n) is 4.49. The molecular weight excluding hydrogens is 357 g/mol. The zero-order chi connectivity index (χ0) is 14.0. The van der Waals surface area contributed by atoms with E-state index >= 15 is 0 Å². The van der Waals surface area contributed by atoms with E-state index in [2.05, 4.69) is 29.5 Å². The summed E-state index contributed by atoms with van der Waals surface area (Å²) in [5, 5.41) is 0. The van der Waals surface area contributed by atoms with Crippen LogP contribution in [0.2, 0.25) is 0 Å². The highest BCUT2D eigenvalue weighted by Gasteiger charge is 2.13. The van der Waals surface area contributed by atoms with Crippen LogP contribution < -0.4 is 0 Å². The van der Waals surface area contributed by atoms with Crippen molar-refractivity contribution in [3.05, 3.63) is 59.2 Å². The molecule has 0 aliphatic carbocycles. The Morgan fingerprint density at radius 2 is 1.63 bits per heavy atom. The first kappa shape index (κ1) is 14.4. The molecule has 0 aliphatic heterocycles. The van der Waals surface area contributed by atoms with Crippen molar-refractivity contribution < 1.29 is 8.78 Å². The molecule has 0 bridgehead atoms. The van der Waals surface area contributed by atoms with Crippen LogP contribution in [0.3, 0.4) is 0 Å². The molecule has 2 rings (SSSR count). The summed E-state index contributed by atoms with van der Waals surface area (Å²) in [6, 6.07) is 10.9. The molecule has 2 aromatic carbocycles. The van der Waals surface area contributed by atoms with Gasteiger partial charge in [-0.15, -0.1) is 0 Å². The van der Waals surface area contributed by atoms with E-state index in [0.717, 1.165) is 0 Å². The predicted molar refractivity (Wildman–Crippen MR) is 83.6 cm³/mol. The molecule has 0 fully saturated rings. The molecular formula is C16H15F2I. The number of halogens is 3. The molecule has 0 aliphatic rings. The van der Waals surface area contributed by atoms with Crippen LogP contribution in [0.5, 0.6) is 0 Å². The van der Waals surface area contributed by atoms with Gasteiger partial charge in [-0.25, -0.2) is 8.78 Å². The van der Waals surface area contributed by atoms with Gasteiger partial charge in [0.2, 0.25) is 0 Å². The summed E-state index contributed by atoms with van der Waals surface area (Å²) in [7, 11) is 0. The standard InChI is InChI=1S/C16H15F2I/c1-3-11-8-9-14(16(18)15(11)17)13-6-4-12(5-7-13)10(2)19/h4-10H,3H2,1-2H3/t10-/m0/s1. The Labute approximate surface area is 126 Å². The Morgan fingerprint density at radius 3 is 2.16 bits per heavy atom. The van der Waals surface area contributed by atoms with Gasteiger partial charge in [0.1, 0.15) is 0 Å². The smallest absolute Gasteiger partial charge is 0.166 e. The molecule has 0 amide bonds. The average molecular weight is 372 g/mol. The lowest BCUT2D eigenvalue weighted by Gasteiger charge is -2.09. The van der Waals surface area contributed by atoms with Gasteiger partial charge in [-0.1, -0.05) is 65.9 Å². The quantitative estimate of drug-likeness (QED) is 0.480. The minimum absolute atomic E-state index is 0.322. The summed E-state index contributed by atoms with van der Waals surface area (Å²) in [6.45, 7) is 3.90. The summed E-state index contributed by atoms with van der Waals surface area (Å²) in [4.78, 5) is 0. The minimum Gasteiger partial charge on any atom is -0.203 e. The van der Waals surface area contributed by atoms with Crippen molar-refractivity contribution in [2.75, 3.05) is 0 Å². The normalized spacial score (nSPS) is 12.5. The number of alkyl halides is 1. The Bertz CT molecular complexity index is 574. The van der Waals surface area contributed by atoms with Crippen LogP contribution in [0, 0.1) is 11.6 Å². The van der Waals surface area contributed by atoms with E-state index in [-0.39, 0.29) is 0 Å². The lowest BCUT2D eigenvalue weighted by Crippen LogP contribution is -1.96. The molecule has 100 valence electrons. The van der Waals surface area contributed by atoms with Crippen molar-refractivity contribution in [1.29, 1.82) is 0 Å². The summed E-state index contributed by atoms with van der Waals surface area (Å²) in [5.41, 5.74) is 2.62. The van der Waals surface area contributed by atoms with Gasteiger partial charge in [-0.3, -0.25) is 0 Å². The SMILES string of the molecule is CCc1ccc(-c2ccc([C@H](C)I)cc2)c(F)c1F. The number of rotatable bonds is 3. The van der Waals surface area contributed by atoms with Crippen LogP contribution in [-0.2, 0) is 6.42 Å². The van der Waals surface area contributed by atoms with Crippen LogP contribution >= 0.6 is 22.6 Å². The number of aryl methyl sites for hydroxylation is 1. The van der Waals surface area contributed by atoms with E-state index in [4.69, 9.17) is 0 Å². The van der Waals surface area contributed by atoms with Crippen LogP contribution in [0.4, 0.5) is 8.78 Å². The third-order valence-corrected chi connectivity index (χ3v) is 3.94. The van der Waals surface area contributed by atoms with Crippen LogP contribution in [0.1, 0.15) is 28.9 Å². The first-order valence-corrected chi connectivity index (χ1v) is 7.50.